The second-order valence-electron chi connectivity index (χ2n) is 6.59. The van der Waals surface area contributed by atoms with Crippen LogP contribution in [-0.4, -0.2) is 24.0 Å². The van der Waals surface area contributed by atoms with Crippen LogP contribution in [0.3, 0.4) is 0 Å². The highest BCUT2D eigenvalue weighted by Gasteiger charge is 2.27. The fourth-order valence-corrected chi connectivity index (χ4v) is 4.30. The van der Waals surface area contributed by atoms with Crippen molar-refractivity contribution in [1.82, 2.24) is 10.3 Å². The zero-order chi connectivity index (χ0) is 17.9. The van der Waals surface area contributed by atoms with Gasteiger partial charge in [0.25, 0.3) is 0 Å². The molecule has 3 aromatic rings. The van der Waals surface area contributed by atoms with Gasteiger partial charge < -0.3 is 10.2 Å². The number of hydrogen-bond acceptors (Lipinski definition) is 4. The number of nitrogens with zero attached hydrogens (tertiary/aromatic N) is 2. The summed E-state index contributed by atoms with van der Waals surface area (Å²) in [5.74, 6) is -0.254. The van der Waals surface area contributed by atoms with Gasteiger partial charge in [-0.1, -0.05) is 35.6 Å². The Morgan fingerprint density at radius 3 is 2.85 bits per heavy atom. The predicted octanol–water partition coefficient (Wildman–Crippen LogP) is 3.97. The maximum absolute atomic E-state index is 13.0. The average Bonchev–Trinajstić information content (AvgIpc) is 3.12. The summed E-state index contributed by atoms with van der Waals surface area (Å²) < 4.78 is 14.1. The van der Waals surface area contributed by atoms with Gasteiger partial charge in [-0.15, -0.1) is 0 Å². The van der Waals surface area contributed by atoms with Crippen LogP contribution < -0.4 is 10.2 Å². The van der Waals surface area contributed by atoms with E-state index in [2.05, 4.69) is 16.3 Å². The number of halogens is 1. The zero-order valence-corrected chi connectivity index (χ0v) is 15.1. The fraction of sp³-hybridized carbons (Fsp3) is 0.300. The van der Waals surface area contributed by atoms with Crippen molar-refractivity contribution in [3.05, 3.63) is 59.9 Å². The number of fused-ring (bicyclic) bond motifs is 1. The highest BCUT2D eigenvalue weighted by molar-refractivity contribution is 7.22. The molecule has 1 aliphatic rings. The molecule has 2 aromatic carbocycles. The molecule has 1 amide bonds. The molecule has 0 saturated carbocycles. The van der Waals surface area contributed by atoms with Crippen molar-refractivity contribution in [2.24, 2.45) is 5.92 Å². The minimum Gasteiger partial charge on any atom is -0.352 e. The molecule has 1 aromatic heterocycles. The first-order chi connectivity index (χ1) is 12.7. The molecule has 6 heteroatoms. The zero-order valence-electron chi connectivity index (χ0n) is 14.3. The number of thiazole rings is 1. The van der Waals surface area contributed by atoms with Crippen LogP contribution in [0.15, 0.2) is 48.5 Å². The van der Waals surface area contributed by atoms with E-state index in [1.54, 1.807) is 23.5 Å². The van der Waals surface area contributed by atoms with E-state index in [9.17, 15) is 9.18 Å². The first-order valence-corrected chi connectivity index (χ1v) is 9.63. The maximum Gasteiger partial charge on any atom is 0.225 e. The lowest BCUT2D eigenvalue weighted by atomic mass is 9.97. The van der Waals surface area contributed by atoms with Crippen LogP contribution in [0.25, 0.3) is 10.2 Å². The average molecular weight is 369 g/mol. The lowest BCUT2D eigenvalue weighted by molar-refractivity contribution is -0.125. The van der Waals surface area contributed by atoms with Gasteiger partial charge in [0.05, 0.1) is 16.1 Å². The Labute approximate surface area is 155 Å². The number of anilines is 1. The Morgan fingerprint density at radius 2 is 2.04 bits per heavy atom. The Morgan fingerprint density at radius 1 is 1.23 bits per heavy atom. The molecule has 1 aliphatic heterocycles. The van der Waals surface area contributed by atoms with E-state index < -0.39 is 0 Å². The van der Waals surface area contributed by atoms with Crippen LogP contribution in [0.4, 0.5) is 9.52 Å². The van der Waals surface area contributed by atoms with Gasteiger partial charge in [0, 0.05) is 19.6 Å². The van der Waals surface area contributed by atoms with Gasteiger partial charge >= 0.3 is 0 Å². The molecule has 26 heavy (non-hydrogen) atoms. The third kappa shape index (κ3) is 3.70. The minimum absolute atomic E-state index is 0.0452. The van der Waals surface area contributed by atoms with Crippen molar-refractivity contribution in [3.8, 4) is 0 Å². The second kappa shape index (κ2) is 7.41. The smallest absolute Gasteiger partial charge is 0.225 e. The molecule has 0 spiro atoms. The molecule has 0 radical (unpaired) electrons. The van der Waals surface area contributed by atoms with E-state index in [4.69, 9.17) is 4.98 Å². The van der Waals surface area contributed by atoms with Crippen molar-refractivity contribution in [1.29, 1.82) is 0 Å². The van der Waals surface area contributed by atoms with Gasteiger partial charge in [0.15, 0.2) is 5.13 Å². The van der Waals surface area contributed by atoms with E-state index in [-0.39, 0.29) is 17.6 Å². The van der Waals surface area contributed by atoms with Gasteiger partial charge in [-0.3, -0.25) is 4.79 Å². The standard InChI is InChI=1S/C20H20FN3OS/c21-16-9-7-14(8-10-16)12-22-19(25)15-4-3-11-24(13-15)20-23-17-5-1-2-6-18(17)26-20/h1-2,5-10,15H,3-4,11-13H2,(H,22,25)/t15-/m0/s1. The third-order valence-corrected chi connectivity index (χ3v) is 5.82. The number of hydrogen-bond donors (Lipinski definition) is 1. The molecule has 4 rings (SSSR count). The van der Waals surface area contributed by atoms with E-state index in [1.807, 2.05) is 18.2 Å². The van der Waals surface area contributed by atoms with E-state index in [0.717, 1.165) is 35.6 Å². The topological polar surface area (TPSA) is 45.2 Å². The molecule has 1 fully saturated rings. The van der Waals surface area contributed by atoms with Crippen molar-refractivity contribution >= 4 is 32.6 Å². The van der Waals surface area contributed by atoms with Gasteiger partial charge in [-0.05, 0) is 42.7 Å². The number of para-hydroxylation sites is 1. The largest absolute Gasteiger partial charge is 0.352 e. The van der Waals surface area contributed by atoms with Crippen LogP contribution in [0, 0.1) is 11.7 Å². The molecular formula is C20H20FN3OS. The number of amides is 1. The molecule has 1 saturated heterocycles. The first-order valence-electron chi connectivity index (χ1n) is 8.82. The lowest BCUT2D eigenvalue weighted by Gasteiger charge is -2.31. The second-order valence-corrected chi connectivity index (χ2v) is 7.60. The molecule has 1 N–H and O–H groups in total. The quantitative estimate of drug-likeness (QED) is 0.757. The van der Waals surface area contributed by atoms with Crippen molar-refractivity contribution < 1.29 is 9.18 Å². The van der Waals surface area contributed by atoms with E-state index >= 15 is 0 Å². The highest BCUT2D eigenvalue weighted by atomic mass is 32.1. The maximum atomic E-state index is 13.0. The van der Waals surface area contributed by atoms with Crippen LogP contribution in [0.2, 0.25) is 0 Å². The highest BCUT2D eigenvalue weighted by Crippen LogP contribution is 2.31. The number of rotatable bonds is 4. The van der Waals surface area contributed by atoms with E-state index in [0.29, 0.717) is 13.1 Å². The van der Waals surface area contributed by atoms with Crippen LogP contribution >= 0.6 is 11.3 Å². The summed E-state index contributed by atoms with van der Waals surface area (Å²) in [5.41, 5.74) is 1.91. The van der Waals surface area contributed by atoms with Gasteiger partial charge in [0.2, 0.25) is 5.91 Å². The van der Waals surface area contributed by atoms with Crippen LogP contribution in [-0.2, 0) is 11.3 Å². The van der Waals surface area contributed by atoms with Crippen LogP contribution in [0.1, 0.15) is 18.4 Å². The van der Waals surface area contributed by atoms with Gasteiger partial charge in [-0.25, -0.2) is 9.37 Å². The molecule has 134 valence electrons. The lowest BCUT2D eigenvalue weighted by Crippen LogP contribution is -2.42. The van der Waals surface area contributed by atoms with Gasteiger partial charge in [0.1, 0.15) is 5.82 Å². The summed E-state index contributed by atoms with van der Waals surface area (Å²) >= 11 is 1.68. The summed E-state index contributed by atoms with van der Waals surface area (Å²) in [5, 5.41) is 3.97. The predicted molar refractivity (Wildman–Crippen MR) is 103 cm³/mol. The Kier molecular flexibility index (Phi) is 4.84. The van der Waals surface area contributed by atoms with Crippen molar-refractivity contribution in [2.75, 3.05) is 18.0 Å². The Balaban J connectivity index is 1.39. The summed E-state index contributed by atoms with van der Waals surface area (Å²) in [6.07, 6.45) is 1.86. The molecule has 1 atom stereocenters. The number of carbonyl (C=O) groups excluding carboxylic acids is 1. The number of nitrogens with one attached hydrogen (secondary N) is 1. The Hall–Kier alpha value is -2.47. The van der Waals surface area contributed by atoms with Crippen LogP contribution in [0.5, 0.6) is 0 Å². The summed E-state index contributed by atoms with van der Waals surface area (Å²) in [6.45, 7) is 2.05. The monoisotopic (exact) mass is 369 g/mol. The number of benzene rings is 2. The molecule has 0 aliphatic carbocycles. The fourth-order valence-electron chi connectivity index (χ4n) is 3.30. The van der Waals surface area contributed by atoms with E-state index in [1.165, 1.54) is 16.8 Å². The summed E-state index contributed by atoms with van der Waals surface area (Å²) in [6, 6.07) is 14.3. The Bertz CT molecular complexity index is 876. The summed E-state index contributed by atoms with van der Waals surface area (Å²) in [4.78, 5) is 19.5. The summed E-state index contributed by atoms with van der Waals surface area (Å²) in [7, 11) is 0. The molecule has 2 heterocycles. The third-order valence-electron chi connectivity index (χ3n) is 4.73. The molecule has 0 unspecified atom stereocenters. The first kappa shape index (κ1) is 17.0. The number of piperidine rings is 1. The normalized spacial score (nSPS) is 17.4. The molecule has 4 nitrogen and oxygen atoms in total. The van der Waals surface area contributed by atoms with Gasteiger partial charge in [-0.2, -0.15) is 0 Å². The minimum atomic E-state index is -0.265. The van der Waals surface area contributed by atoms with Crippen molar-refractivity contribution in [3.63, 3.8) is 0 Å². The number of aromatic nitrogens is 1. The molecule has 0 bridgehead atoms. The SMILES string of the molecule is O=C(NCc1ccc(F)cc1)[C@H]1CCCN(c2nc3ccccc3s2)C1. The number of carbonyl (C=O) groups is 1. The molecular weight excluding hydrogens is 349 g/mol. The van der Waals surface area contributed by atoms with Crippen molar-refractivity contribution in [2.45, 2.75) is 19.4 Å².